The molecule has 2 aliphatic rings. The fraction of sp³-hybridized carbons (Fsp3) is 0.206. The molecular weight excluding hydrogens is 438 g/mol. The maximum absolute atomic E-state index is 14.0. The fourth-order valence-corrected chi connectivity index (χ4v) is 6.17. The second-order valence-corrected chi connectivity index (χ2v) is 10.2. The molecule has 2 heteroatoms. The topological polar surface area (TPSA) is 20.3 Å². The summed E-state index contributed by atoms with van der Waals surface area (Å²) in [4.78, 5) is 16.1. The SMILES string of the molecule is C[C@H]1CC=C[C@@H]2[C@@H]1C(=O)N(Cc1ccccc1)[C@H]2c1ccc2ccccc2c1/C=C/c1ccccc1. The van der Waals surface area contributed by atoms with E-state index in [9.17, 15) is 4.79 Å². The summed E-state index contributed by atoms with van der Waals surface area (Å²) in [5, 5.41) is 2.45. The van der Waals surface area contributed by atoms with Crippen LogP contribution in [0.2, 0.25) is 0 Å². The van der Waals surface area contributed by atoms with E-state index >= 15 is 0 Å². The number of carbonyl (C=O) groups is 1. The lowest BCUT2D eigenvalue weighted by atomic mass is 9.74. The zero-order valence-corrected chi connectivity index (χ0v) is 20.6. The third-order valence-corrected chi connectivity index (χ3v) is 7.92. The van der Waals surface area contributed by atoms with Crippen molar-refractivity contribution in [1.29, 1.82) is 0 Å². The van der Waals surface area contributed by atoms with Gasteiger partial charge in [0.2, 0.25) is 5.91 Å². The highest BCUT2D eigenvalue weighted by atomic mass is 16.2. The van der Waals surface area contributed by atoms with E-state index in [1.165, 1.54) is 33.0 Å². The number of amides is 1. The number of hydrogen-bond acceptors (Lipinski definition) is 1. The van der Waals surface area contributed by atoms with Gasteiger partial charge >= 0.3 is 0 Å². The predicted octanol–water partition coefficient (Wildman–Crippen LogP) is 7.92. The van der Waals surface area contributed by atoms with Gasteiger partial charge in [0, 0.05) is 18.4 Å². The second-order valence-electron chi connectivity index (χ2n) is 10.2. The second kappa shape index (κ2) is 9.62. The molecule has 1 heterocycles. The summed E-state index contributed by atoms with van der Waals surface area (Å²) in [7, 11) is 0. The number of likely N-dealkylation sites (tertiary alicyclic amines) is 1. The van der Waals surface area contributed by atoms with Gasteiger partial charge in [-0.05, 0) is 45.4 Å². The third-order valence-electron chi connectivity index (χ3n) is 7.92. The Balaban J connectivity index is 1.52. The summed E-state index contributed by atoms with van der Waals surface area (Å²) < 4.78 is 0. The number of rotatable bonds is 5. The molecule has 1 amide bonds. The lowest BCUT2D eigenvalue weighted by Gasteiger charge is -2.31. The van der Waals surface area contributed by atoms with Crippen molar-refractivity contribution in [2.75, 3.05) is 0 Å². The van der Waals surface area contributed by atoms with Crippen LogP contribution in [0.25, 0.3) is 22.9 Å². The van der Waals surface area contributed by atoms with Crippen molar-refractivity contribution in [2.24, 2.45) is 17.8 Å². The zero-order valence-electron chi connectivity index (χ0n) is 20.6. The minimum atomic E-state index is 0.00161. The standard InChI is InChI=1S/C34H31NO/c1-24-11-10-18-31-32(24)34(36)35(23-26-14-6-3-7-15-26)33(31)30-22-20-27-16-8-9-17-28(27)29(30)21-19-25-12-4-2-5-13-25/h2-10,12-22,24,31-33H,11,23H2,1H3/b21-19+/t24-,31+,32+,33-/m0/s1. The Bertz CT molecular complexity index is 1440. The first-order valence-corrected chi connectivity index (χ1v) is 13.0. The molecule has 36 heavy (non-hydrogen) atoms. The van der Waals surface area contributed by atoms with E-state index in [1.807, 2.05) is 12.1 Å². The Kier molecular flexibility index (Phi) is 6.03. The molecule has 2 nitrogen and oxygen atoms in total. The van der Waals surface area contributed by atoms with Gasteiger partial charge in [-0.25, -0.2) is 0 Å². The van der Waals surface area contributed by atoms with E-state index in [0.29, 0.717) is 12.5 Å². The Morgan fingerprint density at radius 3 is 2.36 bits per heavy atom. The normalized spacial score (nSPS) is 23.5. The number of allylic oxidation sites excluding steroid dienone is 1. The van der Waals surface area contributed by atoms with Crippen LogP contribution in [0.3, 0.4) is 0 Å². The fourth-order valence-electron chi connectivity index (χ4n) is 6.17. The maximum atomic E-state index is 14.0. The van der Waals surface area contributed by atoms with Gasteiger partial charge in [-0.3, -0.25) is 4.79 Å². The minimum Gasteiger partial charge on any atom is -0.330 e. The molecule has 0 N–H and O–H groups in total. The zero-order chi connectivity index (χ0) is 24.5. The molecule has 4 aromatic carbocycles. The lowest BCUT2D eigenvalue weighted by Crippen LogP contribution is -2.31. The van der Waals surface area contributed by atoms with Crippen molar-refractivity contribution in [3.05, 3.63) is 131 Å². The molecule has 0 unspecified atom stereocenters. The maximum Gasteiger partial charge on any atom is 0.227 e. The van der Waals surface area contributed by atoms with E-state index in [0.717, 1.165) is 6.42 Å². The number of nitrogens with zero attached hydrogens (tertiary/aromatic N) is 1. The van der Waals surface area contributed by atoms with Gasteiger partial charge in [0.1, 0.15) is 0 Å². The summed E-state index contributed by atoms with van der Waals surface area (Å²) >= 11 is 0. The molecule has 0 aromatic heterocycles. The van der Waals surface area contributed by atoms with Crippen LogP contribution >= 0.6 is 0 Å². The van der Waals surface area contributed by atoms with E-state index in [4.69, 9.17) is 0 Å². The minimum absolute atomic E-state index is 0.00161. The van der Waals surface area contributed by atoms with E-state index in [1.54, 1.807) is 0 Å². The van der Waals surface area contributed by atoms with Crippen LogP contribution < -0.4 is 0 Å². The summed E-state index contributed by atoms with van der Waals surface area (Å²) in [6.07, 6.45) is 10.0. The number of benzene rings is 4. The van der Waals surface area contributed by atoms with Crippen molar-refractivity contribution in [3.63, 3.8) is 0 Å². The van der Waals surface area contributed by atoms with Crippen LogP contribution in [0.4, 0.5) is 0 Å². The lowest BCUT2D eigenvalue weighted by molar-refractivity contribution is -0.134. The molecule has 1 fully saturated rings. The highest BCUT2D eigenvalue weighted by molar-refractivity contribution is 5.95. The largest absolute Gasteiger partial charge is 0.330 e. The third kappa shape index (κ3) is 4.07. The molecule has 4 aromatic rings. The molecule has 1 aliphatic carbocycles. The molecule has 4 atom stereocenters. The van der Waals surface area contributed by atoms with Crippen LogP contribution in [-0.4, -0.2) is 10.8 Å². The Morgan fingerprint density at radius 2 is 1.56 bits per heavy atom. The van der Waals surface area contributed by atoms with Gasteiger partial charge in [-0.2, -0.15) is 0 Å². The Hall–Kier alpha value is -3.91. The highest BCUT2D eigenvalue weighted by Crippen LogP contribution is 2.50. The monoisotopic (exact) mass is 469 g/mol. The number of fused-ring (bicyclic) bond motifs is 2. The summed E-state index contributed by atoms with van der Waals surface area (Å²) in [6, 6.07) is 33.9. The first-order valence-electron chi connectivity index (χ1n) is 13.0. The van der Waals surface area contributed by atoms with Crippen molar-refractivity contribution in [2.45, 2.75) is 25.9 Å². The average Bonchev–Trinajstić information content (AvgIpc) is 3.20. The van der Waals surface area contributed by atoms with Crippen LogP contribution in [0.1, 0.15) is 41.6 Å². The highest BCUT2D eigenvalue weighted by Gasteiger charge is 2.50. The number of carbonyl (C=O) groups excluding carboxylic acids is 1. The Labute approximate surface area is 213 Å². The smallest absolute Gasteiger partial charge is 0.227 e. The molecule has 6 rings (SSSR count). The van der Waals surface area contributed by atoms with Crippen LogP contribution in [0.5, 0.6) is 0 Å². The number of hydrogen-bond donors (Lipinski definition) is 0. The molecule has 0 spiro atoms. The molecule has 0 saturated carbocycles. The van der Waals surface area contributed by atoms with Crippen molar-refractivity contribution >= 4 is 28.8 Å². The van der Waals surface area contributed by atoms with Gasteiger partial charge in [-0.15, -0.1) is 0 Å². The van der Waals surface area contributed by atoms with E-state index < -0.39 is 0 Å². The molecule has 1 aliphatic heterocycles. The molecule has 0 radical (unpaired) electrons. The van der Waals surface area contributed by atoms with Crippen LogP contribution in [0, 0.1) is 17.8 Å². The van der Waals surface area contributed by atoms with Gasteiger partial charge < -0.3 is 4.90 Å². The first-order chi connectivity index (χ1) is 17.7. The van der Waals surface area contributed by atoms with E-state index in [2.05, 4.69) is 121 Å². The summed E-state index contributed by atoms with van der Waals surface area (Å²) in [6.45, 7) is 2.87. The van der Waals surface area contributed by atoms with Gasteiger partial charge in [0.05, 0.1) is 6.04 Å². The van der Waals surface area contributed by atoms with E-state index in [-0.39, 0.29) is 23.8 Å². The Morgan fingerprint density at radius 1 is 0.833 bits per heavy atom. The summed E-state index contributed by atoms with van der Waals surface area (Å²) in [5.74, 6) is 0.840. The van der Waals surface area contributed by atoms with Gasteiger partial charge in [-0.1, -0.05) is 128 Å². The molecular formula is C34H31NO. The van der Waals surface area contributed by atoms with Gasteiger partial charge in [0.25, 0.3) is 0 Å². The first kappa shape index (κ1) is 22.5. The van der Waals surface area contributed by atoms with Crippen LogP contribution in [0.15, 0.2) is 109 Å². The van der Waals surface area contributed by atoms with Crippen molar-refractivity contribution in [1.82, 2.24) is 4.90 Å². The van der Waals surface area contributed by atoms with Crippen molar-refractivity contribution < 1.29 is 4.79 Å². The molecule has 178 valence electrons. The quantitative estimate of drug-likeness (QED) is 0.215. The van der Waals surface area contributed by atoms with Crippen LogP contribution in [-0.2, 0) is 11.3 Å². The average molecular weight is 470 g/mol. The predicted molar refractivity (Wildman–Crippen MR) is 149 cm³/mol. The summed E-state index contributed by atoms with van der Waals surface area (Å²) in [5.41, 5.74) is 4.79. The van der Waals surface area contributed by atoms with Crippen molar-refractivity contribution in [3.8, 4) is 0 Å². The molecule has 0 bridgehead atoms. The van der Waals surface area contributed by atoms with Gasteiger partial charge in [0.15, 0.2) is 0 Å². The molecule has 1 saturated heterocycles.